The SMILES string of the molecule is CCOC(=O)N1c2cc(Cl)ccc2CC1C(=O)c1ncc(C)[nH]1. The van der Waals surface area contributed by atoms with Gasteiger partial charge in [0.25, 0.3) is 0 Å². The van der Waals surface area contributed by atoms with Gasteiger partial charge in [-0.3, -0.25) is 9.69 Å². The fourth-order valence-corrected chi connectivity index (χ4v) is 2.89. The van der Waals surface area contributed by atoms with Crippen molar-refractivity contribution in [1.82, 2.24) is 9.97 Å². The number of aryl methyl sites for hydroxylation is 1. The van der Waals surface area contributed by atoms with Crippen LogP contribution in [0.2, 0.25) is 5.02 Å². The van der Waals surface area contributed by atoms with Gasteiger partial charge in [-0.25, -0.2) is 9.78 Å². The number of carbonyl (C=O) groups is 2. The van der Waals surface area contributed by atoms with E-state index in [9.17, 15) is 9.59 Å². The van der Waals surface area contributed by atoms with Crippen LogP contribution in [0.15, 0.2) is 24.4 Å². The molecule has 1 aliphatic rings. The Labute approximate surface area is 138 Å². The number of hydrogen-bond donors (Lipinski definition) is 1. The van der Waals surface area contributed by atoms with Crippen LogP contribution in [0, 0.1) is 6.92 Å². The highest BCUT2D eigenvalue weighted by Crippen LogP contribution is 2.36. The van der Waals surface area contributed by atoms with E-state index in [2.05, 4.69) is 9.97 Å². The number of nitrogens with one attached hydrogen (secondary N) is 1. The van der Waals surface area contributed by atoms with Crippen molar-refractivity contribution >= 4 is 29.2 Å². The molecule has 0 bridgehead atoms. The zero-order valence-electron chi connectivity index (χ0n) is 12.8. The molecule has 2 aromatic rings. The largest absolute Gasteiger partial charge is 0.449 e. The van der Waals surface area contributed by atoms with Gasteiger partial charge in [0.2, 0.25) is 5.78 Å². The number of aromatic amines is 1. The second-order valence-corrected chi connectivity index (χ2v) is 5.78. The van der Waals surface area contributed by atoms with Crippen LogP contribution in [-0.2, 0) is 11.2 Å². The summed E-state index contributed by atoms with van der Waals surface area (Å²) in [6.07, 6.45) is 1.43. The first-order chi connectivity index (χ1) is 11.0. The number of anilines is 1. The Bertz CT molecular complexity index is 772. The fourth-order valence-electron chi connectivity index (χ4n) is 2.73. The van der Waals surface area contributed by atoms with E-state index in [-0.39, 0.29) is 18.2 Å². The number of benzene rings is 1. The molecule has 1 atom stereocenters. The Kier molecular flexibility index (Phi) is 4.09. The molecule has 3 rings (SSSR count). The van der Waals surface area contributed by atoms with E-state index >= 15 is 0 Å². The van der Waals surface area contributed by atoms with Crippen molar-refractivity contribution in [1.29, 1.82) is 0 Å². The van der Waals surface area contributed by atoms with Crippen LogP contribution in [-0.4, -0.2) is 34.5 Å². The predicted molar refractivity (Wildman–Crippen MR) is 86.1 cm³/mol. The lowest BCUT2D eigenvalue weighted by molar-refractivity contribution is 0.0941. The third-order valence-corrected chi connectivity index (χ3v) is 3.97. The maximum absolute atomic E-state index is 12.8. The number of fused-ring (bicyclic) bond motifs is 1. The van der Waals surface area contributed by atoms with Crippen LogP contribution < -0.4 is 4.90 Å². The topological polar surface area (TPSA) is 75.3 Å². The lowest BCUT2D eigenvalue weighted by Crippen LogP contribution is -2.43. The average molecular weight is 334 g/mol. The van der Waals surface area contributed by atoms with Crippen LogP contribution in [0.3, 0.4) is 0 Å². The number of hydrogen-bond acceptors (Lipinski definition) is 4. The van der Waals surface area contributed by atoms with E-state index in [0.717, 1.165) is 11.3 Å². The van der Waals surface area contributed by atoms with Crippen molar-refractivity contribution in [3.8, 4) is 0 Å². The lowest BCUT2D eigenvalue weighted by Gasteiger charge is -2.23. The van der Waals surface area contributed by atoms with E-state index in [1.807, 2.05) is 13.0 Å². The minimum absolute atomic E-state index is 0.228. The summed E-state index contributed by atoms with van der Waals surface area (Å²) in [6.45, 7) is 3.77. The number of ketones is 1. The van der Waals surface area contributed by atoms with Gasteiger partial charge in [-0.15, -0.1) is 0 Å². The van der Waals surface area contributed by atoms with Gasteiger partial charge in [-0.05, 0) is 31.5 Å². The van der Waals surface area contributed by atoms with E-state index in [0.29, 0.717) is 17.1 Å². The molecule has 0 spiro atoms. The van der Waals surface area contributed by atoms with E-state index in [1.54, 1.807) is 25.3 Å². The Morgan fingerprint density at radius 1 is 1.48 bits per heavy atom. The predicted octanol–water partition coefficient (Wildman–Crippen LogP) is 3.14. The summed E-state index contributed by atoms with van der Waals surface area (Å²) in [6, 6.07) is 4.56. The fraction of sp³-hybridized carbons (Fsp3) is 0.312. The zero-order chi connectivity index (χ0) is 16.6. The summed E-state index contributed by atoms with van der Waals surface area (Å²) in [4.78, 5) is 33.5. The molecule has 23 heavy (non-hydrogen) atoms. The number of aromatic nitrogens is 2. The number of Topliss-reactive ketones (excluding diaryl/α,β-unsaturated/α-hetero) is 1. The number of rotatable bonds is 3. The summed E-state index contributed by atoms with van der Waals surface area (Å²) < 4.78 is 5.11. The number of nitrogens with zero attached hydrogens (tertiary/aromatic N) is 2. The molecular weight excluding hydrogens is 318 g/mol. The number of imidazole rings is 1. The molecule has 120 valence electrons. The smallest absolute Gasteiger partial charge is 0.414 e. The first-order valence-electron chi connectivity index (χ1n) is 7.31. The van der Waals surface area contributed by atoms with Crippen molar-refractivity contribution in [3.63, 3.8) is 0 Å². The van der Waals surface area contributed by atoms with Crippen molar-refractivity contribution in [2.75, 3.05) is 11.5 Å². The number of carbonyl (C=O) groups excluding carboxylic acids is 2. The molecule has 1 aliphatic heterocycles. The van der Waals surface area contributed by atoms with E-state index < -0.39 is 12.1 Å². The molecule has 1 N–H and O–H groups in total. The van der Waals surface area contributed by atoms with Crippen LogP contribution in [0.25, 0.3) is 0 Å². The standard InChI is InChI=1S/C16H16ClN3O3/c1-3-23-16(22)20-12-7-11(17)5-4-10(12)6-13(20)14(21)15-18-8-9(2)19-15/h4-5,7-8,13H,3,6H2,1-2H3,(H,18,19). The quantitative estimate of drug-likeness (QED) is 0.875. The minimum atomic E-state index is -0.687. The first-order valence-corrected chi connectivity index (χ1v) is 7.69. The maximum Gasteiger partial charge on any atom is 0.414 e. The van der Waals surface area contributed by atoms with Gasteiger partial charge in [0.1, 0.15) is 6.04 Å². The average Bonchev–Trinajstić information content (AvgIpc) is 3.10. The van der Waals surface area contributed by atoms with Gasteiger partial charge in [-0.1, -0.05) is 17.7 Å². The molecule has 1 unspecified atom stereocenters. The minimum Gasteiger partial charge on any atom is -0.449 e. The third-order valence-electron chi connectivity index (χ3n) is 3.74. The molecule has 1 aromatic carbocycles. The maximum atomic E-state index is 12.8. The summed E-state index contributed by atoms with van der Waals surface area (Å²) in [7, 11) is 0. The monoisotopic (exact) mass is 333 g/mol. The third kappa shape index (κ3) is 2.82. The number of H-pyrrole nitrogens is 1. The number of amides is 1. The highest BCUT2D eigenvalue weighted by atomic mass is 35.5. The number of ether oxygens (including phenoxy) is 1. The molecule has 1 amide bonds. The summed E-state index contributed by atoms with van der Waals surface area (Å²) in [5.74, 6) is -0.0147. The second-order valence-electron chi connectivity index (χ2n) is 5.34. The van der Waals surface area contributed by atoms with Crippen molar-refractivity contribution in [2.24, 2.45) is 0 Å². The molecule has 0 saturated heterocycles. The van der Waals surface area contributed by atoms with E-state index in [4.69, 9.17) is 16.3 Å². The molecule has 0 radical (unpaired) electrons. The molecule has 0 fully saturated rings. The Hall–Kier alpha value is -2.34. The van der Waals surface area contributed by atoms with Gasteiger partial charge in [0, 0.05) is 23.3 Å². The molecule has 0 aliphatic carbocycles. The molecule has 1 aromatic heterocycles. The van der Waals surface area contributed by atoms with Gasteiger partial charge < -0.3 is 9.72 Å². The normalized spacial score (nSPS) is 16.3. The Balaban J connectivity index is 1.99. The van der Waals surface area contributed by atoms with Crippen molar-refractivity contribution < 1.29 is 14.3 Å². The molecule has 2 heterocycles. The van der Waals surface area contributed by atoms with Crippen molar-refractivity contribution in [3.05, 3.63) is 46.5 Å². The first kappa shape index (κ1) is 15.6. The highest BCUT2D eigenvalue weighted by molar-refractivity contribution is 6.31. The molecule has 6 nitrogen and oxygen atoms in total. The van der Waals surface area contributed by atoms with Crippen LogP contribution in [0.5, 0.6) is 0 Å². The van der Waals surface area contributed by atoms with Crippen LogP contribution in [0.4, 0.5) is 10.5 Å². The number of halogens is 1. The van der Waals surface area contributed by atoms with E-state index in [1.165, 1.54) is 4.90 Å². The van der Waals surface area contributed by atoms with Crippen LogP contribution in [0.1, 0.15) is 28.8 Å². The summed E-state index contributed by atoms with van der Waals surface area (Å²) >= 11 is 6.04. The summed E-state index contributed by atoms with van der Waals surface area (Å²) in [5, 5.41) is 0.500. The second kappa shape index (κ2) is 6.04. The van der Waals surface area contributed by atoms with Crippen LogP contribution >= 0.6 is 11.6 Å². The Morgan fingerprint density at radius 2 is 2.26 bits per heavy atom. The highest BCUT2D eigenvalue weighted by Gasteiger charge is 2.40. The zero-order valence-corrected chi connectivity index (χ0v) is 13.6. The van der Waals surface area contributed by atoms with Gasteiger partial charge in [-0.2, -0.15) is 0 Å². The summed E-state index contributed by atoms with van der Waals surface area (Å²) in [5.41, 5.74) is 2.27. The Morgan fingerprint density at radius 3 is 2.91 bits per heavy atom. The van der Waals surface area contributed by atoms with Gasteiger partial charge in [0.15, 0.2) is 5.82 Å². The molecule has 7 heteroatoms. The van der Waals surface area contributed by atoms with Gasteiger partial charge >= 0.3 is 6.09 Å². The molecular formula is C16H16ClN3O3. The van der Waals surface area contributed by atoms with Crippen molar-refractivity contribution in [2.45, 2.75) is 26.3 Å². The van der Waals surface area contributed by atoms with Gasteiger partial charge in [0.05, 0.1) is 12.3 Å². The molecule has 0 saturated carbocycles. The lowest BCUT2D eigenvalue weighted by atomic mass is 10.1.